The van der Waals surface area contributed by atoms with Crippen molar-refractivity contribution in [2.45, 2.75) is 25.1 Å². The monoisotopic (exact) mass is 322 g/mol. The van der Waals surface area contributed by atoms with Gasteiger partial charge in [0.2, 0.25) is 0 Å². The number of thiocarbonyl (C=S) groups is 1. The van der Waals surface area contributed by atoms with E-state index in [-0.39, 0.29) is 12.1 Å². The summed E-state index contributed by atoms with van der Waals surface area (Å²) in [4.78, 5) is 14.5. The fraction of sp³-hybridized carbons (Fsp3) is 0.467. The van der Waals surface area contributed by atoms with Crippen LogP contribution in [0.5, 0.6) is 0 Å². The minimum absolute atomic E-state index is 0.00795. The molecule has 0 spiro atoms. The average Bonchev–Trinajstić information content (AvgIpc) is 2.85. The second-order valence-corrected chi connectivity index (χ2v) is 7.01. The number of aryl methyl sites for hydroxylation is 1. The number of hydrogen-bond acceptors (Lipinski definition) is 4. The van der Waals surface area contributed by atoms with Crippen LogP contribution in [0.4, 0.5) is 10.5 Å². The Labute approximate surface area is 134 Å². The first kappa shape index (κ1) is 14.7. The molecular weight excluding hydrogens is 304 g/mol. The Hall–Kier alpha value is -1.27. The highest BCUT2D eigenvalue weighted by molar-refractivity contribution is 7.98. The van der Waals surface area contributed by atoms with E-state index in [1.54, 1.807) is 4.90 Å². The normalized spacial score (nSPS) is 20.9. The first-order valence-corrected chi connectivity index (χ1v) is 8.61. The fourth-order valence-corrected chi connectivity index (χ4v) is 3.78. The number of ether oxygens (including phenoxy) is 1. The maximum Gasteiger partial charge on any atom is 0.414 e. The summed E-state index contributed by atoms with van der Waals surface area (Å²) < 4.78 is 5.21. The predicted molar refractivity (Wildman–Crippen MR) is 90.2 cm³/mol. The SMILES string of the molecule is CC(=S)NCC1COC(=O)N1c1ccc2c(c1)CCSC2. The number of hydrogen-bond donors (Lipinski definition) is 1. The summed E-state index contributed by atoms with van der Waals surface area (Å²) in [7, 11) is 0. The molecule has 2 aliphatic rings. The summed E-state index contributed by atoms with van der Waals surface area (Å²) in [5.74, 6) is 2.21. The third kappa shape index (κ3) is 3.16. The Bertz CT molecular complexity index is 577. The molecule has 3 rings (SSSR count). The van der Waals surface area contributed by atoms with Gasteiger partial charge in [0.25, 0.3) is 0 Å². The van der Waals surface area contributed by atoms with E-state index in [9.17, 15) is 4.79 Å². The summed E-state index contributed by atoms with van der Waals surface area (Å²) in [6.07, 6.45) is 0.799. The van der Waals surface area contributed by atoms with Crippen LogP contribution in [0.2, 0.25) is 0 Å². The van der Waals surface area contributed by atoms with Gasteiger partial charge >= 0.3 is 6.09 Å². The zero-order valence-electron chi connectivity index (χ0n) is 11.9. The number of thioether (sulfide) groups is 1. The molecule has 1 amide bonds. The molecule has 21 heavy (non-hydrogen) atoms. The number of rotatable bonds is 3. The van der Waals surface area contributed by atoms with Crippen molar-refractivity contribution in [3.8, 4) is 0 Å². The number of benzene rings is 1. The largest absolute Gasteiger partial charge is 0.447 e. The van der Waals surface area contributed by atoms with E-state index in [1.165, 1.54) is 11.1 Å². The van der Waals surface area contributed by atoms with Crippen LogP contribution in [0.25, 0.3) is 0 Å². The van der Waals surface area contributed by atoms with Gasteiger partial charge in [0.15, 0.2) is 0 Å². The van der Waals surface area contributed by atoms with Gasteiger partial charge in [0, 0.05) is 18.0 Å². The maximum atomic E-state index is 12.0. The average molecular weight is 322 g/mol. The van der Waals surface area contributed by atoms with Gasteiger partial charge in [-0.1, -0.05) is 18.3 Å². The molecule has 2 aliphatic heterocycles. The predicted octanol–water partition coefficient (Wildman–Crippen LogP) is 2.74. The van der Waals surface area contributed by atoms with Crippen LogP contribution in [-0.2, 0) is 16.9 Å². The zero-order valence-corrected chi connectivity index (χ0v) is 13.6. The van der Waals surface area contributed by atoms with Gasteiger partial charge in [-0.05, 0) is 42.4 Å². The Morgan fingerprint density at radius 1 is 1.52 bits per heavy atom. The lowest BCUT2D eigenvalue weighted by atomic mass is 10.0. The second-order valence-electron chi connectivity index (χ2n) is 5.29. The molecule has 1 saturated heterocycles. The van der Waals surface area contributed by atoms with Crippen molar-refractivity contribution in [1.82, 2.24) is 5.32 Å². The van der Waals surface area contributed by atoms with E-state index in [2.05, 4.69) is 17.4 Å². The Balaban J connectivity index is 1.82. The molecule has 1 atom stereocenters. The summed E-state index contributed by atoms with van der Waals surface area (Å²) in [5.41, 5.74) is 3.66. The van der Waals surface area contributed by atoms with E-state index in [0.717, 1.165) is 28.6 Å². The van der Waals surface area contributed by atoms with Gasteiger partial charge in [-0.3, -0.25) is 4.90 Å². The molecule has 1 fully saturated rings. The number of amides is 1. The highest BCUT2D eigenvalue weighted by Crippen LogP contribution is 2.30. The standard InChI is InChI=1S/C15H18N2O2S2/c1-10(20)16-7-14-8-19-15(18)17(14)13-3-2-12-9-21-5-4-11(12)6-13/h2-3,6,14H,4-5,7-9H2,1H3,(H,16,20). The van der Waals surface area contributed by atoms with E-state index in [0.29, 0.717) is 13.2 Å². The Kier molecular flexibility index (Phi) is 4.35. The number of carbonyl (C=O) groups is 1. The highest BCUT2D eigenvalue weighted by atomic mass is 32.2. The molecule has 6 heteroatoms. The molecular formula is C15H18N2O2S2. The van der Waals surface area contributed by atoms with Gasteiger partial charge < -0.3 is 10.1 Å². The summed E-state index contributed by atoms with van der Waals surface area (Å²) >= 11 is 7.00. The van der Waals surface area contributed by atoms with Gasteiger partial charge in [-0.15, -0.1) is 0 Å². The first-order chi connectivity index (χ1) is 10.1. The Morgan fingerprint density at radius 2 is 2.38 bits per heavy atom. The van der Waals surface area contributed by atoms with E-state index in [4.69, 9.17) is 17.0 Å². The van der Waals surface area contributed by atoms with Crippen LogP contribution < -0.4 is 10.2 Å². The van der Waals surface area contributed by atoms with Crippen LogP contribution in [0.15, 0.2) is 18.2 Å². The van der Waals surface area contributed by atoms with Crippen molar-refractivity contribution in [3.05, 3.63) is 29.3 Å². The maximum absolute atomic E-state index is 12.0. The van der Waals surface area contributed by atoms with E-state index in [1.807, 2.05) is 24.8 Å². The van der Waals surface area contributed by atoms with Crippen molar-refractivity contribution in [3.63, 3.8) is 0 Å². The van der Waals surface area contributed by atoms with Gasteiger partial charge in [0.1, 0.15) is 6.61 Å². The first-order valence-electron chi connectivity index (χ1n) is 7.05. The van der Waals surface area contributed by atoms with Gasteiger partial charge in [-0.2, -0.15) is 11.8 Å². The third-order valence-corrected chi connectivity index (χ3v) is 4.94. The molecule has 1 N–H and O–H groups in total. The van der Waals surface area contributed by atoms with Crippen molar-refractivity contribution in [1.29, 1.82) is 0 Å². The third-order valence-electron chi connectivity index (χ3n) is 3.79. The lowest BCUT2D eigenvalue weighted by molar-refractivity contribution is 0.179. The number of cyclic esters (lactones) is 1. The summed E-state index contributed by atoms with van der Waals surface area (Å²) in [6, 6.07) is 6.29. The van der Waals surface area contributed by atoms with E-state index >= 15 is 0 Å². The van der Waals surface area contributed by atoms with Crippen LogP contribution in [0, 0.1) is 0 Å². The van der Waals surface area contributed by atoms with Crippen LogP contribution in [0.1, 0.15) is 18.1 Å². The molecule has 0 radical (unpaired) electrons. The molecule has 0 bridgehead atoms. The molecule has 2 heterocycles. The zero-order chi connectivity index (χ0) is 14.8. The molecule has 0 aromatic heterocycles. The minimum Gasteiger partial charge on any atom is -0.447 e. The molecule has 1 unspecified atom stereocenters. The number of carbonyl (C=O) groups excluding carboxylic acids is 1. The molecule has 0 aliphatic carbocycles. The number of nitrogens with one attached hydrogen (secondary N) is 1. The summed E-state index contributed by atoms with van der Waals surface area (Å²) in [5, 5.41) is 3.12. The molecule has 1 aromatic carbocycles. The summed E-state index contributed by atoms with van der Waals surface area (Å²) in [6.45, 7) is 2.86. The lowest BCUT2D eigenvalue weighted by Gasteiger charge is -2.24. The molecule has 0 saturated carbocycles. The number of nitrogens with zero attached hydrogens (tertiary/aromatic N) is 1. The van der Waals surface area contributed by atoms with Crippen molar-refractivity contribution in [2.75, 3.05) is 23.8 Å². The smallest absolute Gasteiger partial charge is 0.414 e. The Morgan fingerprint density at radius 3 is 3.19 bits per heavy atom. The van der Waals surface area contributed by atoms with Gasteiger partial charge in [0.05, 0.1) is 11.0 Å². The van der Waals surface area contributed by atoms with Crippen molar-refractivity contribution >= 4 is 40.7 Å². The highest BCUT2D eigenvalue weighted by Gasteiger charge is 2.34. The minimum atomic E-state index is -0.269. The molecule has 4 nitrogen and oxygen atoms in total. The molecule has 112 valence electrons. The quantitative estimate of drug-likeness (QED) is 0.867. The molecule has 1 aromatic rings. The van der Waals surface area contributed by atoms with Crippen LogP contribution in [-0.4, -0.2) is 36.0 Å². The van der Waals surface area contributed by atoms with Crippen molar-refractivity contribution < 1.29 is 9.53 Å². The van der Waals surface area contributed by atoms with E-state index < -0.39 is 0 Å². The van der Waals surface area contributed by atoms with Crippen LogP contribution in [0.3, 0.4) is 0 Å². The lowest BCUT2D eigenvalue weighted by Crippen LogP contribution is -2.42. The number of anilines is 1. The number of fused-ring (bicyclic) bond motifs is 1. The topological polar surface area (TPSA) is 41.6 Å². The van der Waals surface area contributed by atoms with Crippen LogP contribution >= 0.6 is 24.0 Å². The fourth-order valence-electron chi connectivity index (χ4n) is 2.69. The van der Waals surface area contributed by atoms with Gasteiger partial charge in [-0.25, -0.2) is 4.79 Å². The second kappa shape index (κ2) is 6.23. The van der Waals surface area contributed by atoms with Crippen molar-refractivity contribution in [2.24, 2.45) is 0 Å².